The zero-order valence-electron chi connectivity index (χ0n) is 42.1. The molecule has 2 amide bonds. The molecule has 8 rings (SSSR count). The summed E-state index contributed by atoms with van der Waals surface area (Å²) in [5.74, 6) is -1.77. The molecular formula is C58H63N5O8S2. The molecule has 0 bridgehead atoms. The van der Waals surface area contributed by atoms with Crippen molar-refractivity contribution in [2.75, 3.05) is 25.4 Å². The van der Waals surface area contributed by atoms with E-state index >= 15 is 0 Å². The molecule has 2 atom stereocenters. The number of aliphatic carboxylic acids is 1. The molecule has 6 aromatic rings. The molecule has 0 spiro atoms. The van der Waals surface area contributed by atoms with Gasteiger partial charge in [0.25, 0.3) is 10.0 Å². The Morgan fingerprint density at radius 1 is 0.822 bits per heavy atom. The van der Waals surface area contributed by atoms with E-state index in [-0.39, 0.29) is 55.1 Å². The number of nitrogens with zero attached hydrogens (tertiary/aromatic N) is 2. The number of nitrogens with two attached hydrogens (primary N) is 1. The van der Waals surface area contributed by atoms with Crippen molar-refractivity contribution in [2.45, 2.75) is 94.1 Å². The number of aliphatic imine (C=N–C) groups is 1. The van der Waals surface area contributed by atoms with E-state index < -0.39 is 50.4 Å². The molecule has 13 nitrogen and oxygen atoms in total. The summed E-state index contributed by atoms with van der Waals surface area (Å²) in [6.45, 7) is 10.9. The van der Waals surface area contributed by atoms with Gasteiger partial charge in [-0.1, -0.05) is 140 Å². The fraction of sp³-hybridized carbons (Fsp3) is 0.310. The molecule has 0 radical (unpaired) electrons. The third kappa shape index (κ3) is 10.8. The Morgan fingerprint density at radius 3 is 1.86 bits per heavy atom. The number of carboxylic acid groups (broad SMARTS) is 1. The largest absolute Gasteiger partial charge is 0.487 e. The number of thioether (sulfide) groups is 1. The molecular weight excluding hydrogens is 959 g/mol. The predicted octanol–water partition coefficient (Wildman–Crippen LogP) is 9.63. The van der Waals surface area contributed by atoms with Crippen molar-refractivity contribution in [2.24, 2.45) is 10.7 Å². The minimum Gasteiger partial charge on any atom is -0.487 e. The van der Waals surface area contributed by atoms with Crippen LogP contribution in [0.15, 0.2) is 149 Å². The number of nitrogens with one attached hydrogen (secondary N) is 2. The van der Waals surface area contributed by atoms with Gasteiger partial charge in [0.2, 0.25) is 11.9 Å². The van der Waals surface area contributed by atoms with Gasteiger partial charge in [0.15, 0.2) is 0 Å². The summed E-state index contributed by atoms with van der Waals surface area (Å²) in [5, 5.41) is 13.8. The van der Waals surface area contributed by atoms with E-state index in [4.69, 9.17) is 15.2 Å². The van der Waals surface area contributed by atoms with Crippen molar-refractivity contribution < 1.29 is 37.4 Å². The van der Waals surface area contributed by atoms with Crippen LogP contribution < -0.4 is 20.5 Å². The summed E-state index contributed by atoms with van der Waals surface area (Å²) in [7, 11) is -4.19. The Balaban J connectivity index is 1.04. The Labute approximate surface area is 432 Å². The normalized spacial score (nSPS) is 14.7. The van der Waals surface area contributed by atoms with E-state index in [2.05, 4.69) is 15.0 Å². The molecule has 6 aromatic carbocycles. The van der Waals surface area contributed by atoms with Gasteiger partial charge in [0.1, 0.15) is 30.0 Å². The fourth-order valence-corrected chi connectivity index (χ4v) is 13.6. The van der Waals surface area contributed by atoms with Crippen LogP contribution in [-0.4, -0.2) is 85.5 Å². The van der Waals surface area contributed by atoms with Crippen molar-refractivity contribution in [1.29, 1.82) is 0 Å². The standard InChI is InChI=1S/C58H63N5O8S2/c1-7-63(50(54(65)66)36-72-58(40-22-11-8-12-23-40,41-24-13-9-14-25-41)42-26-15-10-16-27-42)53(64)49(61-56(67)70-35-48-45-30-19-17-28-43(45)44-29-18-20-31-46(44)48)32-21-33-60-55(59)62-73(68,69)52-38(3)37(2)51-47(39(52)4)34-57(5,6)71-51/h8-20,22-31,48-50H,7,21,32-36H2,1-6H3,(H,61,67)(H,65,66)(H3,59,60,62)/t49-,50-/m0/s1. The summed E-state index contributed by atoms with van der Waals surface area (Å²) >= 11 is 1.42. The monoisotopic (exact) mass is 1020 g/mol. The molecule has 0 fully saturated rings. The number of carbonyl (C=O) groups is 3. The fourth-order valence-electron chi connectivity index (χ4n) is 10.4. The van der Waals surface area contributed by atoms with Gasteiger partial charge in [-0.05, 0) is 110 Å². The van der Waals surface area contributed by atoms with Gasteiger partial charge in [-0.15, -0.1) is 11.8 Å². The van der Waals surface area contributed by atoms with Gasteiger partial charge in [0.05, 0.1) is 9.64 Å². The minimum absolute atomic E-state index is 0.00570. The number of hydrogen-bond donors (Lipinski definition) is 4. The van der Waals surface area contributed by atoms with E-state index in [1.54, 1.807) is 20.8 Å². The number of benzene rings is 6. The highest BCUT2D eigenvalue weighted by Gasteiger charge is 2.42. The molecule has 1 aliphatic carbocycles. The number of ether oxygens (including phenoxy) is 2. The van der Waals surface area contributed by atoms with Crippen LogP contribution in [0.1, 0.15) is 89.6 Å². The van der Waals surface area contributed by atoms with Crippen LogP contribution in [0, 0.1) is 20.8 Å². The molecule has 0 unspecified atom stereocenters. The molecule has 0 saturated heterocycles. The third-order valence-electron chi connectivity index (χ3n) is 14.0. The molecule has 73 heavy (non-hydrogen) atoms. The summed E-state index contributed by atoms with van der Waals surface area (Å²) in [6.07, 6.45) is -0.173. The van der Waals surface area contributed by atoms with Crippen molar-refractivity contribution >= 4 is 45.7 Å². The number of carboxylic acids is 1. The predicted molar refractivity (Wildman–Crippen MR) is 288 cm³/mol. The second-order valence-electron chi connectivity index (χ2n) is 19.2. The number of likely N-dealkylation sites (N-methyl/N-ethyl adjacent to an activating group) is 1. The zero-order chi connectivity index (χ0) is 52.1. The van der Waals surface area contributed by atoms with Gasteiger partial charge >= 0.3 is 12.1 Å². The number of fused-ring (bicyclic) bond motifs is 4. The molecule has 1 aliphatic heterocycles. The van der Waals surface area contributed by atoms with Gasteiger partial charge in [0, 0.05) is 36.7 Å². The van der Waals surface area contributed by atoms with Crippen LogP contribution in [0.5, 0.6) is 5.75 Å². The molecule has 2 aliphatic rings. The average molecular weight is 1020 g/mol. The first kappa shape index (κ1) is 52.2. The lowest BCUT2D eigenvalue weighted by Gasteiger charge is -2.38. The highest BCUT2D eigenvalue weighted by Crippen LogP contribution is 2.49. The molecule has 5 N–H and O–H groups in total. The van der Waals surface area contributed by atoms with Crippen molar-refractivity contribution in [1.82, 2.24) is 14.9 Å². The Bertz CT molecular complexity index is 2990. The number of carbonyl (C=O) groups excluding carboxylic acids is 2. The first-order valence-electron chi connectivity index (χ1n) is 24.6. The van der Waals surface area contributed by atoms with Crippen molar-refractivity contribution in [3.8, 4) is 16.9 Å². The average Bonchev–Trinajstić information content (AvgIpc) is 3.90. The number of sulfonamides is 1. The Kier molecular flexibility index (Phi) is 15.7. The lowest BCUT2D eigenvalue weighted by atomic mass is 9.84. The van der Waals surface area contributed by atoms with Crippen LogP contribution in [-0.2, 0) is 35.5 Å². The maximum absolute atomic E-state index is 15.0. The van der Waals surface area contributed by atoms with Crippen molar-refractivity contribution in [3.05, 3.63) is 190 Å². The Morgan fingerprint density at radius 2 is 1.34 bits per heavy atom. The number of amides is 2. The van der Waals surface area contributed by atoms with E-state index in [0.717, 1.165) is 50.1 Å². The smallest absolute Gasteiger partial charge is 0.407 e. The molecule has 1 heterocycles. The van der Waals surface area contributed by atoms with Crippen LogP contribution >= 0.6 is 11.8 Å². The summed E-state index contributed by atoms with van der Waals surface area (Å²) in [4.78, 5) is 48.2. The highest BCUT2D eigenvalue weighted by molar-refractivity contribution is 8.00. The second-order valence-corrected chi connectivity index (χ2v) is 22.0. The van der Waals surface area contributed by atoms with Crippen LogP contribution in [0.4, 0.5) is 4.79 Å². The highest BCUT2D eigenvalue weighted by atomic mass is 32.2. The van der Waals surface area contributed by atoms with Gasteiger partial charge in [-0.3, -0.25) is 9.79 Å². The SMILES string of the molecule is CCN(C(=O)[C@H](CCCN=C(N)NS(=O)(=O)c1c(C)c(C)c2c(c1C)CC(C)(C)O2)NC(=O)OCC1c2ccccc2-c2ccccc21)[C@@H](CSC(c1ccccc1)(c1ccccc1)c1ccccc1)C(=O)O. The number of alkyl carbamates (subject to hydrolysis) is 1. The lowest BCUT2D eigenvalue weighted by molar-refractivity contribution is -0.149. The molecule has 0 saturated carbocycles. The minimum atomic E-state index is -4.19. The van der Waals surface area contributed by atoms with Crippen LogP contribution in [0.3, 0.4) is 0 Å². The lowest BCUT2D eigenvalue weighted by Crippen LogP contribution is -2.55. The zero-order valence-corrected chi connectivity index (χ0v) is 43.7. The first-order chi connectivity index (χ1) is 35.0. The van der Waals surface area contributed by atoms with Crippen molar-refractivity contribution in [3.63, 3.8) is 0 Å². The molecule has 380 valence electrons. The van der Waals surface area contributed by atoms with Gasteiger partial charge in [-0.2, -0.15) is 0 Å². The number of guanidine groups is 1. The number of hydrogen-bond acceptors (Lipinski definition) is 9. The summed E-state index contributed by atoms with van der Waals surface area (Å²) in [5.41, 5.74) is 15.4. The third-order valence-corrected chi connectivity index (χ3v) is 17.2. The van der Waals surface area contributed by atoms with Crippen LogP contribution in [0.2, 0.25) is 0 Å². The first-order valence-corrected chi connectivity index (χ1v) is 27.0. The maximum Gasteiger partial charge on any atom is 0.407 e. The summed E-state index contributed by atoms with van der Waals surface area (Å²) < 4.78 is 41.6. The molecule has 15 heteroatoms. The van der Waals surface area contributed by atoms with Gasteiger partial charge in [-0.25, -0.2) is 22.7 Å². The van der Waals surface area contributed by atoms with Crippen LogP contribution in [0.25, 0.3) is 11.1 Å². The number of rotatable bonds is 19. The van der Waals surface area contributed by atoms with E-state index in [0.29, 0.717) is 23.3 Å². The maximum atomic E-state index is 15.0. The van der Waals surface area contributed by atoms with Gasteiger partial charge < -0.3 is 30.5 Å². The van der Waals surface area contributed by atoms with E-state index in [1.807, 2.05) is 160 Å². The topological polar surface area (TPSA) is 190 Å². The van der Waals surface area contributed by atoms with E-state index in [1.165, 1.54) is 16.7 Å². The van der Waals surface area contributed by atoms with E-state index in [9.17, 15) is 27.9 Å². The second kappa shape index (κ2) is 21.9. The quantitative estimate of drug-likeness (QED) is 0.0263. The summed E-state index contributed by atoms with van der Waals surface area (Å²) in [6, 6.07) is 42.9. The Hall–Kier alpha value is -7.10. The molecule has 0 aromatic heterocycles.